The normalized spacial score (nSPS) is 27.5. The quantitative estimate of drug-likeness (QED) is 0.514. The first-order valence-corrected chi connectivity index (χ1v) is 4.45. The van der Waals surface area contributed by atoms with E-state index in [4.69, 9.17) is 16.9 Å². The lowest BCUT2D eigenvalue weighted by Gasteiger charge is -2.35. The van der Waals surface area contributed by atoms with Crippen LogP contribution in [0.3, 0.4) is 0 Å². The van der Waals surface area contributed by atoms with Crippen LogP contribution in [0.4, 0.5) is 0 Å². The minimum absolute atomic E-state index is 0.398. The highest BCUT2D eigenvalue weighted by molar-refractivity contribution is 6.25. The third kappa shape index (κ3) is 2.10. The fourth-order valence-corrected chi connectivity index (χ4v) is 1.62. The first kappa shape index (κ1) is 8.87. The van der Waals surface area contributed by atoms with Crippen molar-refractivity contribution in [2.24, 2.45) is 5.41 Å². The van der Waals surface area contributed by atoms with Crippen molar-refractivity contribution in [2.75, 3.05) is 0 Å². The molecule has 1 aliphatic carbocycles. The van der Waals surface area contributed by atoms with E-state index >= 15 is 0 Å². The summed E-state index contributed by atoms with van der Waals surface area (Å²) in [6.45, 7) is 4.47. The summed E-state index contributed by atoms with van der Waals surface area (Å²) in [6.07, 6.45) is 3.84. The molecule has 1 saturated carbocycles. The fourth-order valence-electron chi connectivity index (χ4n) is 1.43. The maximum Gasteiger partial charge on any atom is 0.131 e. The van der Waals surface area contributed by atoms with E-state index in [0.29, 0.717) is 5.41 Å². The van der Waals surface area contributed by atoms with Crippen LogP contribution in [0.25, 0.3) is 0 Å². The van der Waals surface area contributed by atoms with Crippen LogP contribution >= 0.6 is 11.6 Å². The zero-order valence-corrected chi connectivity index (χ0v) is 7.91. The van der Waals surface area contributed by atoms with E-state index in [1.807, 2.05) is 0 Å². The van der Waals surface area contributed by atoms with E-state index in [1.54, 1.807) is 0 Å². The molecule has 0 amide bonds. The van der Waals surface area contributed by atoms with Crippen molar-refractivity contribution >= 4 is 11.6 Å². The van der Waals surface area contributed by atoms with Crippen LogP contribution in [0.2, 0.25) is 0 Å². The van der Waals surface area contributed by atoms with Gasteiger partial charge in [0.1, 0.15) is 4.87 Å². The molecule has 0 aromatic carbocycles. The highest BCUT2D eigenvalue weighted by Crippen LogP contribution is 2.42. The second-order valence-electron chi connectivity index (χ2n) is 4.24. The molecule has 62 valence electrons. The maximum atomic E-state index is 8.74. The maximum absolute atomic E-state index is 8.74. The average Bonchev–Trinajstić information content (AvgIpc) is 1.97. The SMILES string of the molecule is CC1(C)CCC(Cl)(C#N)CC1. The zero-order valence-electron chi connectivity index (χ0n) is 7.15. The predicted molar refractivity (Wildman–Crippen MR) is 46.4 cm³/mol. The Labute approximate surface area is 73.3 Å². The van der Waals surface area contributed by atoms with Gasteiger partial charge in [-0.2, -0.15) is 5.26 Å². The van der Waals surface area contributed by atoms with Gasteiger partial charge in [0.05, 0.1) is 6.07 Å². The van der Waals surface area contributed by atoms with Crippen molar-refractivity contribution < 1.29 is 0 Å². The number of hydrogen-bond donors (Lipinski definition) is 0. The summed E-state index contributed by atoms with van der Waals surface area (Å²) >= 11 is 6.03. The molecule has 0 atom stereocenters. The van der Waals surface area contributed by atoms with Gasteiger partial charge in [-0.3, -0.25) is 0 Å². The second kappa shape index (κ2) is 2.68. The van der Waals surface area contributed by atoms with E-state index in [0.717, 1.165) is 25.7 Å². The van der Waals surface area contributed by atoms with Crippen molar-refractivity contribution in [3.63, 3.8) is 0 Å². The van der Waals surface area contributed by atoms with Crippen LogP contribution in [-0.2, 0) is 0 Å². The van der Waals surface area contributed by atoms with Gasteiger partial charge in [0.2, 0.25) is 0 Å². The molecule has 1 rings (SSSR count). The molecule has 0 bridgehead atoms. The van der Waals surface area contributed by atoms with E-state index in [-0.39, 0.29) is 0 Å². The lowest BCUT2D eigenvalue weighted by Crippen LogP contribution is -2.30. The molecule has 0 aromatic heterocycles. The molecular weight excluding hydrogens is 158 g/mol. The van der Waals surface area contributed by atoms with Gasteiger partial charge in [0, 0.05) is 0 Å². The third-order valence-electron chi connectivity index (χ3n) is 2.60. The Kier molecular flexibility index (Phi) is 2.16. The van der Waals surface area contributed by atoms with E-state index in [2.05, 4.69) is 19.9 Å². The predicted octanol–water partition coefficient (Wildman–Crippen LogP) is 3.09. The largest absolute Gasteiger partial charge is 0.196 e. The molecule has 1 fully saturated rings. The van der Waals surface area contributed by atoms with Crippen LogP contribution in [-0.4, -0.2) is 4.87 Å². The summed E-state index contributed by atoms with van der Waals surface area (Å²) in [5.74, 6) is 0. The summed E-state index contributed by atoms with van der Waals surface area (Å²) in [5.41, 5.74) is 0.398. The molecule has 0 N–H and O–H groups in total. The summed E-state index contributed by atoms with van der Waals surface area (Å²) in [7, 11) is 0. The van der Waals surface area contributed by atoms with Gasteiger partial charge < -0.3 is 0 Å². The zero-order chi connectivity index (χ0) is 8.54. The van der Waals surface area contributed by atoms with Crippen LogP contribution < -0.4 is 0 Å². The number of halogens is 1. The average molecular weight is 172 g/mol. The summed E-state index contributed by atoms with van der Waals surface area (Å²) in [5, 5.41) is 8.74. The molecule has 0 saturated heterocycles. The Bertz CT molecular complexity index is 180. The summed E-state index contributed by atoms with van der Waals surface area (Å²) < 4.78 is 0. The minimum atomic E-state index is -0.546. The lowest BCUT2D eigenvalue weighted by atomic mass is 9.73. The molecule has 1 nitrogen and oxygen atoms in total. The van der Waals surface area contributed by atoms with Gasteiger partial charge in [-0.1, -0.05) is 13.8 Å². The Hall–Kier alpha value is -0.220. The van der Waals surface area contributed by atoms with Crippen LogP contribution in [0.1, 0.15) is 39.5 Å². The van der Waals surface area contributed by atoms with Crippen molar-refractivity contribution in [3.8, 4) is 6.07 Å². The van der Waals surface area contributed by atoms with Gasteiger partial charge in [0.25, 0.3) is 0 Å². The summed E-state index contributed by atoms with van der Waals surface area (Å²) in [6, 6.07) is 2.18. The van der Waals surface area contributed by atoms with E-state index in [9.17, 15) is 0 Å². The van der Waals surface area contributed by atoms with Crippen LogP contribution in [0.5, 0.6) is 0 Å². The lowest BCUT2D eigenvalue weighted by molar-refractivity contribution is 0.227. The van der Waals surface area contributed by atoms with Crippen molar-refractivity contribution in [3.05, 3.63) is 0 Å². The van der Waals surface area contributed by atoms with Gasteiger partial charge in [-0.15, -0.1) is 11.6 Å². The number of rotatable bonds is 0. The summed E-state index contributed by atoms with van der Waals surface area (Å²) in [4.78, 5) is -0.546. The van der Waals surface area contributed by atoms with E-state index in [1.165, 1.54) is 0 Å². The Morgan fingerprint density at radius 2 is 1.64 bits per heavy atom. The highest BCUT2D eigenvalue weighted by atomic mass is 35.5. The molecule has 0 aromatic rings. The molecule has 0 heterocycles. The molecule has 2 heteroatoms. The monoisotopic (exact) mass is 171 g/mol. The number of nitriles is 1. The highest BCUT2D eigenvalue weighted by Gasteiger charge is 2.36. The minimum Gasteiger partial charge on any atom is -0.196 e. The smallest absolute Gasteiger partial charge is 0.131 e. The Morgan fingerprint density at radius 1 is 1.18 bits per heavy atom. The van der Waals surface area contributed by atoms with Gasteiger partial charge in [-0.05, 0) is 31.1 Å². The number of alkyl halides is 1. The van der Waals surface area contributed by atoms with Crippen molar-refractivity contribution in [1.82, 2.24) is 0 Å². The first-order valence-electron chi connectivity index (χ1n) is 4.08. The Morgan fingerprint density at radius 3 is 2.00 bits per heavy atom. The third-order valence-corrected chi connectivity index (χ3v) is 3.06. The molecular formula is C9H14ClN. The molecule has 0 unspecified atom stereocenters. The first-order chi connectivity index (χ1) is 4.97. The molecule has 1 aliphatic rings. The van der Waals surface area contributed by atoms with Crippen molar-refractivity contribution in [2.45, 2.75) is 44.4 Å². The van der Waals surface area contributed by atoms with Crippen LogP contribution in [0.15, 0.2) is 0 Å². The molecule has 0 spiro atoms. The van der Waals surface area contributed by atoms with Crippen LogP contribution in [0, 0.1) is 16.7 Å². The fraction of sp³-hybridized carbons (Fsp3) is 0.889. The van der Waals surface area contributed by atoms with Gasteiger partial charge >= 0.3 is 0 Å². The molecule has 11 heavy (non-hydrogen) atoms. The van der Waals surface area contributed by atoms with Crippen molar-refractivity contribution in [1.29, 1.82) is 5.26 Å². The van der Waals surface area contributed by atoms with Gasteiger partial charge in [0.15, 0.2) is 0 Å². The topological polar surface area (TPSA) is 23.8 Å². The standard InChI is InChI=1S/C9H14ClN/c1-8(2)3-5-9(10,7-11)6-4-8/h3-6H2,1-2H3. The van der Waals surface area contributed by atoms with Gasteiger partial charge in [-0.25, -0.2) is 0 Å². The molecule has 0 aliphatic heterocycles. The number of hydrogen-bond acceptors (Lipinski definition) is 1. The molecule has 0 radical (unpaired) electrons. The number of nitrogens with zero attached hydrogens (tertiary/aromatic N) is 1. The second-order valence-corrected chi connectivity index (χ2v) is 4.96. The Balaban J connectivity index is 2.56. The van der Waals surface area contributed by atoms with E-state index < -0.39 is 4.87 Å².